The van der Waals surface area contributed by atoms with Crippen molar-refractivity contribution in [2.45, 2.75) is 19.3 Å². The number of pyridine rings is 1. The molecule has 2 aromatic heterocycles. The first-order chi connectivity index (χ1) is 25.0. The van der Waals surface area contributed by atoms with E-state index in [9.17, 15) is 0 Å². The summed E-state index contributed by atoms with van der Waals surface area (Å²) in [6.07, 6.45) is 0. The van der Waals surface area contributed by atoms with Crippen molar-refractivity contribution in [3.8, 4) is 56.2 Å². The molecule has 0 spiro atoms. The Balaban J connectivity index is 1.15. The predicted octanol–water partition coefficient (Wildman–Crippen LogP) is 12.3. The quantitative estimate of drug-likeness (QED) is 0.178. The fourth-order valence-electron chi connectivity index (χ4n) is 8.22. The molecule has 0 aliphatic heterocycles. The van der Waals surface area contributed by atoms with Crippen molar-refractivity contribution in [3.05, 3.63) is 175 Å². The fourth-order valence-corrected chi connectivity index (χ4v) is 8.22. The second kappa shape index (κ2) is 11.3. The van der Waals surface area contributed by atoms with Crippen molar-refractivity contribution in [2.75, 3.05) is 0 Å². The Bertz CT molecular complexity index is 2820. The monoisotopic (exact) mass is 651 g/mol. The summed E-state index contributed by atoms with van der Waals surface area (Å²) in [7, 11) is 0. The van der Waals surface area contributed by atoms with E-state index >= 15 is 0 Å². The van der Waals surface area contributed by atoms with Crippen molar-refractivity contribution in [1.82, 2.24) is 15.0 Å². The lowest BCUT2D eigenvalue weighted by Crippen LogP contribution is -2.15. The van der Waals surface area contributed by atoms with Crippen molar-refractivity contribution in [1.29, 1.82) is 0 Å². The second-order valence-electron chi connectivity index (χ2n) is 14.0. The number of benzene rings is 7. The average Bonchev–Trinajstić information content (AvgIpc) is 3.43. The third-order valence-corrected chi connectivity index (χ3v) is 10.6. The van der Waals surface area contributed by atoms with Crippen LogP contribution < -0.4 is 0 Å². The van der Waals surface area contributed by atoms with Gasteiger partial charge in [0.1, 0.15) is 0 Å². The first-order valence-electron chi connectivity index (χ1n) is 17.5. The number of rotatable bonds is 4. The summed E-state index contributed by atoms with van der Waals surface area (Å²) < 4.78 is 0. The highest BCUT2D eigenvalue weighted by atomic mass is 14.9. The SMILES string of the molecule is CC1(C)c2ccccc2-c2ccc3c(-c4cccc(-c5nc(-c6ccc(-c7ccccc7)cc6)c6ccccc6n5)c4)nc4ccccc4c3c21. The lowest BCUT2D eigenvalue weighted by Gasteiger charge is -2.24. The summed E-state index contributed by atoms with van der Waals surface area (Å²) in [5, 5.41) is 4.66. The zero-order valence-corrected chi connectivity index (χ0v) is 28.4. The Hall–Kier alpha value is -6.45. The molecule has 51 heavy (non-hydrogen) atoms. The maximum absolute atomic E-state index is 5.34. The zero-order valence-electron chi connectivity index (χ0n) is 28.4. The van der Waals surface area contributed by atoms with Crippen LogP contribution in [-0.4, -0.2) is 15.0 Å². The van der Waals surface area contributed by atoms with Crippen LogP contribution in [0.5, 0.6) is 0 Å². The molecule has 2 heterocycles. The van der Waals surface area contributed by atoms with Crippen LogP contribution in [0.4, 0.5) is 0 Å². The maximum atomic E-state index is 5.34. The van der Waals surface area contributed by atoms with Gasteiger partial charge < -0.3 is 0 Å². The molecule has 1 aliphatic carbocycles. The first kappa shape index (κ1) is 29.5. The minimum absolute atomic E-state index is 0.149. The number of hydrogen-bond acceptors (Lipinski definition) is 3. The summed E-state index contributed by atoms with van der Waals surface area (Å²) in [5.41, 5.74) is 14.5. The van der Waals surface area contributed by atoms with Gasteiger partial charge in [0.15, 0.2) is 5.82 Å². The Morgan fingerprint density at radius 2 is 1.00 bits per heavy atom. The predicted molar refractivity (Wildman–Crippen MR) is 212 cm³/mol. The van der Waals surface area contributed by atoms with Crippen LogP contribution in [0.3, 0.4) is 0 Å². The molecule has 240 valence electrons. The molecule has 0 amide bonds. The highest BCUT2D eigenvalue weighted by Crippen LogP contribution is 2.53. The van der Waals surface area contributed by atoms with E-state index in [0.29, 0.717) is 5.82 Å². The van der Waals surface area contributed by atoms with Gasteiger partial charge in [-0.05, 0) is 57.0 Å². The highest BCUT2D eigenvalue weighted by Gasteiger charge is 2.37. The van der Waals surface area contributed by atoms with Crippen molar-refractivity contribution < 1.29 is 0 Å². The van der Waals surface area contributed by atoms with Crippen LogP contribution in [0.15, 0.2) is 164 Å². The van der Waals surface area contributed by atoms with E-state index in [1.807, 2.05) is 12.1 Å². The summed E-state index contributed by atoms with van der Waals surface area (Å²) in [6, 6.07) is 58.0. The highest BCUT2D eigenvalue weighted by molar-refractivity contribution is 6.15. The molecule has 0 saturated carbocycles. The molecule has 10 rings (SSSR count). The van der Waals surface area contributed by atoms with E-state index in [0.717, 1.165) is 49.9 Å². The van der Waals surface area contributed by atoms with Crippen LogP contribution in [0, 0.1) is 0 Å². The van der Waals surface area contributed by atoms with Crippen molar-refractivity contribution in [3.63, 3.8) is 0 Å². The first-order valence-corrected chi connectivity index (χ1v) is 17.5. The largest absolute Gasteiger partial charge is 0.247 e. The topological polar surface area (TPSA) is 38.7 Å². The van der Waals surface area contributed by atoms with Gasteiger partial charge >= 0.3 is 0 Å². The lowest BCUT2D eigenvalue weighted by molar-refractivity contribution is 0.666. The van der Waals surface area contributed by atoms with E-state index in [1.54, 1.807) is 0 Å². The fraction of sp³-hybridized carbons (Fsp3) is 0.0625. The third-order valence-electron chi connectivity index (χ3n) is 10.6. The smallest absolute Gasteiger partial charge is 0.160 e. The molecular formula is C48H33N3. The Morgan fingerprint density at radius 1 is 0.392 bits per heavy atom. The molecular weight excluding hydrogens is 619 g/mol. The molecule has 9 aromatic rings. The van der Waals surface area contributed by atoms with E-state index in [2.05, 4.69) is 166 Å². The Labute approximate surface area is 297 Å². The molecule has 0 bridgehead atoms. The van der Waals surface area contributed by atoms with Crippen LogP contribution >= 0.6 is 0 Å². The van der Waals surface area contributed by atoms with Crippen molar-refractivity contribution >= 4 is 32.6 Å². The van der Waals surface area contributed by atoms with E-state index in [1.165, 1.54) is 44.2 Å². The molecule has 0 unspecified atom stereocenters. The normalized spacial score (nSPS) is 13.1. The van der Waals surface area contributed by atoms with Gasteiger partial charge in [0.2, 0.25) is 0 Å². The number of nitrogens with zero attached hydrogens (tertiary/aromatic N) is 3. The number of para-hydroxylation sites is 2. The summed E-state index contributed by atoms with van der Waals surface area (Å²) in [5.74, 6) is 0.695. The van der Waals surface area contributed by atoms with Crippen LogP contribution in [0.25, 0.3) is 88.7 Å². The van der Waals surface area contributed by atoms with Gasteiger partial charge in [-0.15, -0.1) is 0 Å². The Morgan fingerprint density at radius 3 is 1.82 bits per heavy atom. The molecule has 3 nitrogen and oxygen atoms in total. The molecule has 1 aliphatic rings. The Kier molecular flexibility index (Phi) is 6.53. The van der Waals surface area contributed by atoms with Gasteiger partial charge in [-0.25, -0.2) is 15.0 Å². The molecule has 7 aromatic carbocycles. The minimum Gasteiger partial charge on any atom is -0.247 e. The minimum atomic E-state index is -0.149. The summed E-state index contributed by atoms with van der Waals surface area (Å²) in [4.78, 5) is 15.7. The van der Waals surface area contributed by atoms with Gasteiger partial charge in [0.05, 0.1) is 22.4 Å². The van der Waals surface area contributed by atoms with E-state index in [-0.39, 0.29) is 5.41 Å². The number of aromatic nitrogens is 3. The van der Waals surface area contributed by atoms with Gasteiger partial charge in [-0.2, -0.15) is 0 Å². The van der Waals surface area contributed by atoms with E-state index < -0.39 is 0 Å². The van der Waals surface area contributed by atoms with Gasteiger partial charge in [0.25, 0.3) is 0 Å². The van der Waals surface area contributed by atoms with Crippen LogP contribution in [0.2, 0.25) is 0 Å². The molecule has 0 fully saturated rings. The van der Waals surface area contributed by atoms with E-state index in [4.69, 9.17) is 15.0 Å². The number of fused-ring (bicyclic) bond motifs is 8. The molecule has 0 saturated heterocycles. The van der Waals surface area contributed by atoms with Crippen molar-refractivity contribution in [2.24, 2.45) is 0 Å². The van der Waals surface area contributed by atoms with Gasteiger partial charge in [-0.3, -0.25) is 0 Å². The molecule has 3 heteroatoms. The van der Waals surface area contributed by atoms with Gasteiger partial charge in [-0.1, -0.05) is 159 Å². The zero-order chi connectivity index (χ0) is 34.1. The maximum Gasteiger partial charge on any atom is 0.160 e. The molecule has 0 N–H and O–H groups in total. The van der Waals surface area contributed by atoms with Gasteiger partial charge in [0, 0.05) is 38.3 Å². The molecule has 0 radical (unpaired) electrons. The summed E-state index contributed by atoms with van der Waals surface area (Å²) in [6.45, 7) is 4.72. The van der Waals surface area contributed by atoms with Crippen LogP contribution in [-0.2, 0) is 5.41 Å². The molecule has 0 atom stereocenters. The number of hydrogen-bond donors (Lipinski definition) is 0. The standard InChI is InChI=1S/C48H33N3/c1-48(2)40-20-9-6-17-35(40)36-27-28-39-43(44(36)48)37-18-7-10-21-41(37)49-46(39)33-15-12-16-34(29-33)47-50-42-22-11-8-19-38(42)45(51-47)32-25-23-31(24-26-32)30-13-4-3-5-14-30/h3-29H,1-2H3. The second-order valence-corrected chi connectivity index (χ2v) is 14.0. The average molecular weight is 652 g/mol. The van der Waals surface area contributed by atoms with Crippen LogP contribution in [0.1, 0.15) is 25.0 Å². The summed E-state index contributed by atoms with van der Waals surface area (Å²) >= 11 is 0. The third kappa shape index (κ3) is 4.62. The lowest BCUT2D eigenvalue weighted by atomic mass is 9.79.